The lowest BCUT2D eigenvalue weighted by Gasteiger charge is -2.48. The quantitative estimate of drug-likeness (QED) is 0.312. The van der Waals surface area contributed by atoms with E-state index in [2.05, 4.69) is 90.8 Å². The fourth-order valence-electron chi connectivity index (χ4n) is 7.78. The highest BCUT2D eigenvalue weighted by Gasteiger charge is 2.51. The predicted octanol–water partition coefficient (Wildman–Crippen LogP) is 6.42. The second kappa shape index (κ2) is 6.34. The van der Waals surface area contributed by atoms with Crippen LogP contribution in [0.3, 0.4) is 0 Å². The van der Waals surface area contributed by atoms with Gasteiger partial charge in [0.2, 0.25) is 0 Å². The highest BCUT2D eigenvalue weighted by atomic mass is 16.5. The monoisotopic (exact) mass is 463 g/mol. The molecule has 4 heterocycles. The standard InChI is InChI=1S/C30H29N3O2/c1-15-13-22(34)27-24(15)25-18-10-6-8-12-21(18)33-29(25)28-26(27)17-9-5-7-11-20(17)32(28)23-14-19(31-4)16(2)30(33,3)35-23/h5-12,15-16,19,23,31H,13-14H2,1-4H3/t15?,16-,19-,23-,30+/m1/s1. The van der Waals surface area contributed by atoms with Crippen molar-refractivity contribution in [3.8, 4) is 0 Å². The van der Waals surface area contributed by atoms with Crippen LogP contribution in [0, 0.1) is 5.92 Å². The van der Waals surface area contributed by atoms with Crippen LogP contribution in [0.25, 0.3) is 43.6 Å². The lowest BCUT2D eigenvalue weighted by atomic mass is 9.85. The molecular weight excluding hydrogens is 434 g/mol. The molecule has 0 spiro atoms. The van der Waals surface area contributed by atoms with Crippen LogP contribution in [0.1, 0.15) is 61.7 Å². The maximum Gasteiger partial charge on any atom is 0.164 e. The molecule has 0 saturated carbocycles. The predicted molar refractivity (Wildman–Crippen MR) is 140 cm³/mol. The van der Waals surface area contributed by atoms with Crippen LogP contribution < -0.4 is 5.32 Å². The van der Waals surface area contributed by atoms with Crippen molar-refractivity contribution in [3.63, 3.8) is 0 Å². The largest absolute Gasteiger partial charge is 0.332 e. The number of aromatic nitrogens is 2. The summed E-state index contributed by atoms with van der Waals surface area (Å²) in [4.78, 5) is 13.6. The van der Waals surface area contributed by atoms with Crippen LogP contribution in [-0.2, 0) is 10.5 Å². The summed E-state index contributed by atoms with van der Waals surface area (Å²) in [5, 5.41) is 8.35. The molecule has 1 N–H and O–H groups in total. The summed E-state index contributed by atoms with van der Waals surface area (Å²) in [7, 11) is 2.07. The minimum atomic E-state index is -0.537. The molecule has 8 rings (SSSR count). The smallest absolute Gasteiger partial charge is 0.164 e. The summed E-state index contributed by atoms with van der Waals surface area (Å²) in [6.45, 7) is 6.80. The highest BCUT2D eigenvalue weighted by Crippen LogP contribution is 2.56. The van der Waals surface area contributed by atoms with Crippen molar-refractivity contribution < 1.29 is 9.53 Å². The fraction of sp³-hybridized carbons (Fsp3) is 0.367. The van der Waals surface area contributed by atoms with Gasteiger partial charge in [-0.1, -0.05) is 50.2 Å². The topological polar surface area (TPSA) is 48.2 Å². The van der Waals surface area contributed by atoms with Gasteiger partial charge in [-0.3, -0.25) is 4.79 Å². The Labute approximate surface area is 203 Å². The molecule has 1 aliphatic carbocycles. The van der Waals surface area contributed by atoms with Gasteiger partial charge in [-0.15, -0.1) is 0 Å². The van der Waals surface area contributed by atoms with Gasteiger partial charge in [-0.05, 0) is 37.6 Å². The first-order chi connectivity index (χ1) is 17.0. The normalized spacial score (nSPS) is 29.7. The molecule has 2 aliphatic heterocycles. The maximum atomic E-state index is 13.6. The number of ketones is 1. The lowest BCUT2D eigenvalue weighted by Crippen LogP contribution is -2.54. The Morgan fingerprint density at radius 1 is 0.971 bits per heavy atom. The fourth-order valence-corrected chi connectivity index (χ4v) is 7.78. The average molecular weight is 464 g/mol. The van der Waals surface area contributed by atoms with E-state index >= 15 is 0 Å². The van der Waals surface area contributed by atoms with E-state index in [1.807, 2.05) is 0 Å². The van der Waals surface area contributed by atoms with Crippen LogP contribution in [0.15, 0.2) is 48.5 Å². The van der Waals surface area contributed by atoms with Crippen LogP contribution in [0.4, 0.5) is 0 Å². The van der Waals surface area contributed by atoms with E-state index in [-0.39, 0.29) is 23.8 Å². The summed E-state index contributed by atoms with van der Waals surface area (Å²) in [6, 6.07) is 17.6. The second-order valence-corrected chi connectivity index (χ2v) is 11.1. The van der Waals surface area contributed by atoms with Crippen molar-refractivity contribution in [1.82, 2.24) is 14.5 Å². The number of carbonyl (C=O) groups is 1. The minimum absolute atomic E-state index is 0.120. The van der Waals surface area contributed by atoms with E-state index in [9.17, 15) is 4.79 Å². The number of Topliss-reactive ketones (excluding diaryl/α,β-unsaturated/α-hetero) is 1. The number of benzene rings is 3. The van der Waals surface area contributed by atoms with Gasteiger partial charge in [0, 0.05) is 51.9 Å². The zero-order valence-corrected chi connectivity index (χ0v) is 20.6. The molecule has 1 saturated heterocycles. The molecule has 0 amide bonds. The molecule has 5 aromatic rings. The molecule has 5 atom stereocenters. The van der Waals surface area contributed by atoms with Crippen LogP contribution in [0.2, 0.25) is 0 Å². The van der Waals surface area contributed by atoms with Crippen molar-refractivity contribution in [3.05, 3.63) is 59.7 Å². The molecule has 35 heavy (non-hydrogen) atoms. The van der Waals surface area contributed by atoms with E-state index in [1.54, 1.807) is 0 Å². The summed E-state index contributed by atoms with van der Waals surface area (Å²) in [6.07, 6.45) is 1.34. The molecule has 3 aliphatic rings. The molecule has 2 bridgehead atoms. The number of para-hydroxylation sites is 2. The van der Waals surface area contributed by atoms with E-state index < -0.39 is 5.72 Å². The number of hydrogen-bond donors (Lipinski definition) is 1. The average Bonchev–Trinajstić information content (AvgIpc) is 3.45. The Hall–Kier alpha value is -3.15. The summed E-state index contributed by atoms with van der Waals surface area (Å²) in [5.74, 6) is 0.720. The van der Waals surface area contributed by atoms with Crippen LogP contribution >= 0.6 is 0 Å². The van der Waals surface area contributed by atoms with E-state index in [4.69, 9.17) is 4.74 Å². The Morgan fingerprint density at radius 3 is 2.40 bits per heavy atom. The van der Waals surface area contributed by atoms with Crippen molar-refractivity contribution in [2.45, 2.75) is 57.5 Å². The number of ether oxygens (including phenoxy) is 1. The van der Waals surface area contributed by atoms with Gasteiger partial charge in [-0.25, -0.2) is 0 Å². The molecule has 5 nitrogen and oxygen atoms in total. The molecule has 2 aromatic heterocycles. The molecule has 5 heteroatoms. The van der Waals surface area contributed by atoms with Gasteiger partial charge in [0.05, 0.1) is 22.1 Å². The molecule has 1 unspecified atom stereocenters. The SMILES string of the molecule is CN[C@@H]1C[C@H]2O[C@@](C)([C@@H]1C)n1c3ccccc3c3c4c(c5c6ccccc6n2c5c31)C(=O)CC4C. The molecular formula is C30H29N3O2. The third kappa shape index (κ3) is 2.13. The van der Waals surface area contributed by atoms with Crippen molar-refractivity contribution in [1.29, 1.82) is 0 Å². The van der Waals surface area contributed by atoms with E-state index in [0.717, 1.165) is 33.8 Å². The molecule has 176 valence electrons. The number of hydrogen-bond acceptors (Lipinski definition) is 3. The molecule has 1 fully saturated rings. The first-order valence-corrected chi connectivity index (χ1v) is 12.9. The highest BCUT2D eigenvalue weighted by molar-refractivity contribution is 6.31. The lowest BCUT2D eigenvalue weighted by molar-refractivity contribution is -0.224. The summed E-state index contributed by atoms with van der Waals surface area (Å²) in [5.41, 5.74) is 6.37. The number of nitrogens with one attached hydrogen (secondary N) is 1. The Balaban J connectivity index is 1.75. The van der Waals surface area contributed by atoms with Crippen molar-refractivity contribution in [2.24, 2.45) is 5.92 Å². The Morgan fingerprint density at radius 2 is 1.66 bits per heavy atom. The van der Waals surface area contributed by atoms with Crippen LogP contribution in [0.5, 0.6) is 0 Å². The zero-order chi connectivity index (χ0) is 23.8. The maximum absolute atomic E-state index is 13.6. The number of carbonyl (C=O) groups excluding carboxylic acids is 1. The van der Waals surface area contributed by atoms with Crippen molar-refractivity contribution >= 4 is 49.4 Å². The Bertz CT molecular complexity index is 1760. The molecule has 0 radical (unpaired) electrons. The van der Waals surface area contributed by atoms with Gasteiger partial charge in [0.15, 0.2) is 5.78 Å². The van der Waals surface area contributed by atoms with Gasteiger partial charge >= 0.3 is 0 Å². The van der Waals surface area contributed by atoms with Gasteiger partial charge in [0.25, 0.3) is 0 Å². The first kappa shape index (κ1) is 20.1. The van der Waals surface area contributed by atoms with Gasteiger partial charge < -0.3 is 19.2 Å². The van der Waals surface area contributed by atoms with Crippen molar-refractivity contribution in [2.75, 3.05) is 7.05 Å². The number of rotatable bonds is 1. The second-order valence-electron chi connectivity index (χ2n) is 11.1. The number of nitrogens with zero attached hydrogens (tertiary/aromatic N) is 2. The Kier molecular flexibility index (Phi) is 3.64. The molecule has 3 aromatic carbocycles. The third-order valence-electron chi connectivity index (χ3n) is 9.44. The van der Waals surface area contributed by atoms with Crippen LogP contribution in [-0.4, -0.2) is 28.0 Å². The minimum Gasteiger partial charge on any atom is -0.332 e. The zero-order valence-electron chi connectivity index (χ0n) is 20.6. The van der Waals surface area contributed by atoms with Gasteiger partial charge in [-0.2, -0.15) is 0 Å². The summed E-state index contributed by atoms with van der Waals surface area (Å²) >= 11 is 0. The van der Waals surface area contributed by atoms with E-state index in [0.29, 0.717) is 12.5 Å². The third-order valence-corrected chi connectivity index (χ3v) is 9.44. The van der Waals surface area contributed by atoms with Gasteiger partial charge in [0.1, 0.15) is 12.0 Å². The van der Waals surface area contributed by atoms with E-state index in [1.165, 1.54) is 27.4 Å². The summed E-state index contributed by atoms with van der Waals surface area (Å²) < 4.78 is 12.1. The first-order valence-electron chi connectivity index (χ1n) is 12.9. The number of fused-ring (bicyclic) bond motifs is 13.